The molecule has 1 N–H and O–H groups in total. The Morgan fingerprint density at radius 3 is 2.52 bits per heavy atom. The van der Waals surface area contributed by atoms with Gasteiger partial charge in [0.05, 0.1) is 6.54 Å². The molecule has 0 saturated heterocycles. The zero-order valence-electron chi connectivity index (χ0n) is 13.0. The maximum absolute atomic E-state index is 11.8. The lowest BCUT2D eigenvalue weighted by Gasteiger charge is -2.12. The van der Waals surface area contributed by atoms with Crippen molar-refractivity contribution >= 4 is 11.6 Å². The van der Waals surface area contributed by atoms with Crippen molar-refractivity contribution in [1.29, 1.82) is 0 Å². The molecular weight excluding hydrogens is 262 g/mol. The smallest absolute Gasteiger partial charge is 0.253 e. The van der Waals surface area contributed by atoms with Gasteiger partial charge < -0.3 is 14.8 Å². The lowest BCUT2D eigenvalue weighted by Crippen LogP contribution is -2.21. The molecule has 2 rings (SSSR count). The summed E-state index contributed by atoms with van der Waals surface area (Å²) in [7, 11) is 3.52. The van der Waals surface area contributed by atoms with Crippen LogP contribution in [-0.4, -0.2) is 29.5 Å². The van der Waals surface area contributed by atoms with Gasteiger partial charge in [-0.25, -0.2) is 0 Å². The van der Waals surface area contributed by atoms with Crippen LogP contribution in [0.5, 0.6) is 0 Å². The minimum atomic E-state index is 0.0263. The number of rotatable bonds is 6. The van der Waals surface area contributed by atoms with Gasteiger partial charge in [0.25, 0.3) is 5.91 Å². The number of aryl methyl sites for hydroxylation is 1. The van der Waals surface area contributed by atoms with Crippen LogP contribution in [0.25, 0.3) is 0 Å². The maximum atomic E-state index is 11.8. The van der Waals surface area contributed by atoms with Gasteiger partial charge >= 0.3 is 0 Å². The molecule has 0 aliphatic carbocycles. The van der Waals surface area contributed by atoms with Gasteiger partial charge in [0.1, 0.15) is 0 Å². The SMILES string of the molecule is CCCn1cccc1CNc1ccc(C(=O)N(C)C)cc1. The molecule has 0 aliphatic rings. The van der Waals surface area contributed by atoms with Crippen molar-refractivity contribution in [3.63, 3.8) is 0 Å². The molecule has 1 amide bonds. The van der Waals surface area contributed by atoms with Crippen LogP contribution in [-0.2, 0) is 13.1 Å². The number of nitrogens with one attached hydrogen (secondary N) is 1. The molecule has 0 aliphatic heterocycles. The van der Waals surface area contributed by atoms with E-state index in [-0.39, 0.29) is 5.91 Å². The van der Waals surface area contributed by atoms with E-state index in [0.717, 1.165) is 25.2 Å². The number of hydrogen-bond donors (Lipinski definition) is 1. The highest BCUT2D eigenvalue weighted by molar-refractivity contribution is 5.94. The van der Waals surface area contributed by atoms with Crippen LogP contribution in [0.15, 0.2) is 42.6 Å². The Bertz CT molecular complexity index is 584. The number of amides is 1. The molecule has 2 aromatic rings. The van der Waals surface area contributed by atoms with Crippen molar-refractivity contribution in [2.75, 3.05) is 19.4 Å². The third-order valence-electron chi connectivity index (χ3n) is 3.40. The highest BCUT2D eigenvalue weighted by Crippen LogP contribution is 2.13. The number of carbonyl (C=O) groups excluding carboxylic acids is 1. The van der Waals surface area contributed by atoms with Crippen LogP contribution in [0, 0.1) is 0 Å². The summed E-state index contributed by atoms with van der Waals surface area (Å²) in [5.41, 5.74) is 3.00. The Morgan fingerprint density at radius 2 is 1.90 bits per heavy atom. The third kappa shape index (κ3) is 3.88. The van der Waals surface area contributed by atoms with Crippen molar-refractivity contribution < 1.29 is 4.79 Å². The van der Waals surface area contributed by atoms with Crippen LogP contribution >= 0.6 is 0 Å². The van der Waals surface area contributed by atoms with E-state index in [4.69, 9.17) is 0 Å². The molecule has 1 heterocycles. The van der Waals surface area contributed by atoms with E-state index in [9.17, 15) is 4.79 Å². The van der Waals surface area contributed by atoms with E-state index < -0.39 is 0 Å². The molecule has 21 heavy (non-hydrogen) atoms. The number of carbonyl (C=O) groups is 1. The Labute approximate surface area is 126 Å². The van der Waals surface area contributed by atoms with Gasteiger partial charge in [-0.05, 0) is 42.8 Å². The largest absolute Gasteiger partial charge is 0.379 e. The summed E-state index contributed by atoms with van der Waals surface area (Å²) in [5, 5.41) is 3.40. The van der Waals surface area contributed by atoms with Gasteiger partial charge in [0.15, 0.2) is 0 Å². The molecule has 0 saturated carbocycles. The van der Waals surface area contributed by atoms with E-state index in [0.29, 0.717) is 5.56 Å². The predicted molar refractivity (Wildman–Crippen MR) is 86.5 cm³/mol. The fourth-order valence-corrected chi connectivity index (χ4v) is 2.25. The topological polar surface area (TPSA) is 37.3 Å². The molecule has 0 atom stereocenters. The number of benzene rings is 1. The van der Waals surface area contributed by atoms with E-state index in [1.54, 1.807) is 19.0 Å². The lowest BCUT2D eigenvalue weighted by atomic mass is 10.2. The fraction of sp³-hybridized carbons (Fsp3) is 0.353. The van der Waals surface area contributed by atoms with Gasteiger partial charge in [-0.3, -0.25) is 4.79 Å². The van der Waals surface area contributed by atoms with Crippen LogP contribution in [0.1, 0.15) is 29.4 Å². The molecule has 1 aromatic heterocycles. The van der Waals surface area contributed by atoms with Gasteiger partial charge in [0.2, 0.25) is 0 Å². The lowest BCUT2D eigenvalue weighted by molar-refractivity contribution is 0.0827. The molecule has 0 fully saturated rings. The maximum Gasteiger partial charge on any atom is 0.253 e. The van der Waals surface area contributed by atoms with Crippen molar-refractivity contribution in [3.05, 3.63) is 53.9 Å². The van der Waals surface area contributed by atoms with E-state index in [2.05, 4.69) is 35.1 Å². The first kappa shape index (κ1) is 15.2. The quantitative estimate of drug-likeness (QED) is 0.885. The zero-order chi connectivity index (χ0) is 15.2. The van der Waals surface area contributed by atoms with Crippen LogP contribution < -0.4 is 5.32 Å². The average molecular weight is 285 g/mol. The average Bonchev–Trinajstić information content (AvgIpc) is 2.92. The molecule has 0 radical (unpaired) electrons. The molecule has 1 aromatic carbocycles. The summed E-state index contributed by atoms with van der Waals surface area (Å²) in [4.78, 5) is 13.4. The number of anilines is 1. The van der Waals surface area contributed by atoms with Crippen LogP contribution in [0.3, 0.4) is 0 Å². The first-order valence-corrected chi connectivity index (χ1v) is 7.31. The van der Waals surface area contributed by atoms with Gasteiger partial charge in [-0.15, -0.1) is 0 Å². The van der Waals surface area contributed by atoms with Crippen LogP contribution in [0.2, 0.25) is 0 Å². The zero-order valence-corrected chi connectivity index (χ0v) is 13.0. The number of nitrogens with zero attached hydrogens (tertiary/aromatic N) is 2. The molecule has 4 heteroatoms. The van der Waals surface area contributed by atoms with Gasteiger partial charge in [-0.2, -0.15) is 0 Å². The van der Waals surface area contributed by atoms with Crippen molar-refractivity contribution in [1.82, 2.24) is 9.47 Å². The summed E-state index contributed by atoms with van der Waals surface area (Å²) in [6.45, 7) is 4.01. The number of hydrogen-bond acceptors (Lipinski definition) is 2. The Balaban J connectivity index is 1.97. The molecule has 0 unspecified atom stereocenters. The van der Waals surface area contributed by atoms with Crippen molar-refractivity contribution in [2.24, 2.45) is 0 Å². The third-order valence-corrected chi connectivity index (χ3v) is 3.40. The highest BCUT2D eigenvalue weighted by Gasteiger charge is 2.07. The van der Waals surface area contributed by atoms with E-state index in [1.165, 1.54) is 5.69 Å². The monoisotopic (exact) mass is 285 g/mol. The van der Waals surface area contributed by atoms with E-state index in [1.807, 2.05) is 24.3 Å². The van der Waals surface area contributed by atoms with Crippen LogP contribution in [0.4, 0.5) is 5.69 Å². The second-order valence-corrected chi connectivity index (χ2v) is 5.32. The number of aromatic nitrogens is 1. The second-order valence-electron chi connectivity index (χ2n) is 5.32. The van der Waals surface area contributed by atoms with E-state index >= 15 is 0 Å². The standard InChI is InChI=1S/C17H23N3O/c1-4-11-20-12-5-6-16(20)13-18-15-9-7-14(8-10-15)17(21)19(2)3/h5-10,12,18H,4,11,13H2,1-3H3. The second kappa shape index (κ2) is 6.97. The molecule has 0 bridgehead atoms. The summed E-state index contributed by atoms with van der Waals surface area (Å²) >= 11 is 0. The summed E-state index contributed by atoms with van der Waals surface area (Å²) in [6, 6.07) is 11.8. The molecule has 112 valence electrons. The molecule has 4 nitrogen and oxygen atoms in total. The summed E-state index contributed by atoms with van der Waals surface area (Å²) in [6.07, 6.45) is 3.24. The first-order valence-electron chi connectivity index (χ1n) is 7.31. The summed E-state index contributed by atoms with van der Waals surface area (Å²) < 4.78 is 2.26. The predicted octanol–water partition coefficient (Wildman–Crippen LogP) is 3.21. The van der Waals surface area contributed by atoms with Crippen molar-refractivity contribution in [3.8, 4) is 0 Å². The summed E-state index contributed by atoms with van der Waals surface area (Å²) in [5.74, 6) is 0.0263. The Morgan fingerprint density at radius 1 is 1.19 bits per heavy atom. The minimum Gasteiger partial charge on any atom is -0.379 e. The minimum absolute atomic E-state index is 0.0263. The van der Waals surface area contributed by atoms with Crippen molar-refractivity contribution in [2.45, 2.75) is 26.4 Å². The normalized spacial score (nSPS) is 10.4. The van der Waals surface area contributed by atoms with Gasteiger partial charge in [0, 0.05) is 43.8 Å². The first-order chi connectivity index (χ1) is 10.1. The fourth-order valence-electron chi connectivity index (χ4n) is 2.25. The Kier molecular flexibility index (Phi) is 5.04. The highest BCUT2D eigenvalue weighted by atomic mass is 16.2. The van der Waals surface area contributed by atoms with Gasteiger partial charge in [-0.1, -0.05) is 6.92 Å². The molecular formula is C17H23N3O. The molecule has 0 spiro atoms. The Hall–Kier alpha value is -2.23.